The molecule has 5 aromatic rings. The summed E-state index contributed by atoms with van der Waals surface area (Å²) in [4.78, 5) is 12.9. The molecule has 2 aromatic heterocycles. The lowest BCUT2D eigenvalue weighted by atomic mass is 10.2. The Morgan fingerprint density at radius 2 is 1.61 bits per heavy atom. The van der Waals surface area contributed by atoms with Crippen molar-refractivity contribution in [2.45, 2.75) is 5.16 Å². The number of carbonyl (C=O) groups is 1. The van der Waals surface area contributed by atoms with E-state index < -0.39 is 0 Å². The Balaban J connectivity index is 1.40. The van der Waals surface area contributed by atoms with Crippen molar-refractivity contribution >= 4 is 23.5 Å². The van der Waals surface area contributed by atoms with E-state index in [0.717, 1.165) is 11.4 Å². The van der Waals surface area contributed by atoms with Gasteiger partial charge in [-0.25, -0.2) is 9.07 Å². The molecule has 0 aliphatic rings. The lowest BCUT2D eigenvalue weighted by molar-refractivity contribution is -0.113. The molecule has 0 aliphatic carbocycles. The molecular weight excluding hydrogens is 477 g/mol. The maximum atomic E-state index is 13.5. The van der Waals surface area contributed by atoms with E-state index >= 15 is 0 Å². The van der Waals surface area contributed by atoms with Crippen LogP contribution in [0.2, 0.25) is 0 Å². The molecule has 0 saturated heterocycles. The first-order valence-electron chi connectivity index (χ1n) is 10.9. The molecule has 3 aromatic carbocycles. The van der Waals surface area contributed by atoms with Gasteiger partial charge >= 0.3 is 0 Å². The predicted octanol–water partition coefficient (Wildman–Crippen LogP) is 4.86. The van der Waals surface area contributed by atoms with Gasteiger partial charge in [0.2, 0.25) is 5.91 Å². The minimum Gasteiger partial charge on any atom is -0.309 e. The first kappa shape index (κ1) is 23.0. The van der Waals surface area contributed by atoms with Crippen LogP contribution in [0.15, 0.2) is 96.3 Å². The van der Waals surface area contributed by atoms with Gasteiger partial charge in [0, 0.05) is 11.3 Å². The number of rotatable bonds is 7. The Labute approximate surface area is 210 Å². The first-order chi connectivity index (χ1) is 17.6. The molecule has 0 saturated carbocycles. The lowest BCUT2D eigenvalue weighted by Crippen LogP contribution is -2.18. The van der Waals surface area contributed by atoms with Gasteiger partial charge in [0.05, 0.1) is 17.6 Å². The second kappa shape index (κ2) is 10.2. The molecule has 1 N–H and O–H groups in total. The van der Waals surface area contributed by atoms with Crippen LogP contribution in [-0.4, -0.2) is 36.2 Å². The van der Waals surface area contributed by atoms with Gasteiger partial charge in [-0.3, -0.25) is 9.36 Å². The zero-order valence-electron chi connectivity index (χ0n) is 18.7. The van der Waals surface area contributed by atoms with Crippen LogP contribution < -0.4 is 5.32 Å². The van der Waals surface area contributed by atoms with Gasteiger partial charge in [-0.05, 0) is 48.5 Å². The van der Waals surface area contributed by atoms with Gasteiger partial charge in [0.1, 0.15) is 17.4 Å². The fourth-order valence-electron chi connectivity index (χ4n) is 3.57. The Morgan fingerprint density at radius 1 is 0.944 bits per heavy atom. The van der Waals surface area contributed by atoms with E-state index in [4.69, 9.17) is 0 Å². The highest BCUT2D eigenvalue weighted by Gasteiger charge is 2.19. The van der Waals surface area contributed by atoms with Crippen molar-refractivity contribution in [1.82, 2.24) is 24.5 Å². The lowest BCUT2D eigenvalue weighted by Gasteiger charge is -2.11. The summed E-state index contributed by atoms with van der Waals surface area (Å²) in [5.74, 6) is 0.158. The van der Waals surface area contributed by atoms with Crippen LogP contribution in [0.1, 0.15) is 5.56 Å². The van der Waals surface area contributed by atoms with E-state index in [0.29, 0.717) is 22.4 Å². The van der Waals surface area contributed by atoms with Gasteiger partial charge in [-0.1, -0.05) is 48.2 Å². The van der Waals surface area contributed by atoms with Crippen LogP contribution in [-0.2, 0) is 4.79 Å². The van der Waals surface area contributed by atoms with E-state index in [1.807, 2.05) is 65.2 Å². The molecule has 176 valence electrons. The first-order valence-corrected chi connectivity index (χ1v) is 11.9. The number of aromatic nitrogens is 5. The highest BCUT2D eigenvalue weighted by molar-refractivity contribution is 7.99. The average molecular weight is 496 g/mol. The number of halogens is 1. The fourth-order valence-corrected chi connectivity index (χ4v) is 4.32. The number of nitriles is 1. The van der Waals surface area contributed by atoms with Gasteiger partial charge in [-0.15, -0.1) is 10.2 Å². The quantitative estimate of drug-likeness (QED) is 0.324. The van der Waals surface area contributed by atoms with Crippen molar-refractivity contribution in [2.75, 3.05) is 11.1 Å². The SMILES string of the molecule is N#Cc1cnn(-c2ccccc2)c1NC(=O)CSc1nnc(-c2ccc(F)cc2)n1-c1ccccc1. The van der Waals surface area contributed by atoms with Crippen molar-refractivity contribution in [1.29, 1.82) is 5.26 Å². The summed E-state index contributed by atoms with van der Waals surface area (Å²) >= 11 is 1.20. The molecule has 0 unspecified atom stereocenters. The Hall–Kier alpha value is -4.75. The number of anilines is 1. The molecule has 5 rings (SSSR count). The van der Waals surface area contributed by atoms with E-state index in [1.54, 1.807) is 12.1 Å². The molecule has 36 heavy (non-hydrogen) atoms. The monoisotopic (exact) mass is 495 g/mol. The Morgan fingerprint density at radius 3 is 2.28 bits per heavy atom. The number of hydrogen-bond donors (Lipinski definition) is 1. The molecule has 0 aliphatic heterocycles. The molecule has 0 fully saturated rings. The maximum absolute atomic E-state index is 13.5. The second-order valence-corrected chi connectivity index (χ2v) is 8.53. The highest BCUT2D eigenvalue weighted by atomic mass is 32.2. The third-order valence-electron chi connectivity index (χ3n) is 5.23. The van der Waals surface area contributed by atoms with E-state index in [2.05, 4.69) is 26.7 Å². The van der Waals surface area contributed by atoms with Gasteiger partial charge < -0.3 is 5.32 Å². The van der Waals surface area contributed by atoms with Crippen LogP contribution >= 0.6 is 11.8 Å². The topological polar surface area (TPSA) is 101 Å². The van der Waals surface area contributed by atoms with E-state index in [1.165, 1.54) is 34.8 Å². The van der Waals surface area contributed by atoms with Crippen LogP contribution in [0.3, 0.4) is 0 Å². The summed E-state index contributed by atoms with van der Waals surface area (Å²) in [6.45, 7) is 0. The number of nitrogens with one attached hydrogen (secondary N) is 1. The van der Waals surface area contributed by atoms with Crippen LogP contribution in [0.5, 0.6) is 0 Å². The van der Waals surface area contributed by atoms with Crippen molar-refractivity contribution in [3.05, 3.63) is 103 Å². The van der Waals surface area contributed by atoms with E-state index in [-0.39, 0.29) is 23.0 Å². The van der Waals surface area contributed by atoms with Crippen molar-refractivity contribution in [2.24, 2.45) is 0 Å². The van der Waals surface area contributed by atoms with Gasteiger partial charge in [-0.2, -0.15) is 10.4 Å². The van der Waals surface area contributed by atoms with E-state index in [9.17, 15) is 14.4 Å². The Kier molecular flexibility index (Phi) is 6.55. The van der Waals surface area contributed by atoms with Crippen molar-refractivity contribution in [3.8, 4) is 28.8 Å². The minimum atomic E-state index is -0.345. The van der Waals surface area contributed by atoms with Crippen molar-refractivity contribution < 1.29 is 9.18 Å². The number of benzene rings is 3. The standard InChI is InChI=1S/C26H18FN7OS/c27-20-13-11-18(12-14-20)25-31-32-26(33(25)21-7-3-1-4-8-21)36-17-23(35)30-24-19(15-28)16-29-34(24)22-9-5-2-6-10-22/h1-14,16H,17H2,(H,30,35). The zero-order chi connectivity index (χ0) is 24.9. The predicted molar refractivity (Wildman–Crippen MR) is 134 cm³/mol. The van der Waals surface area contributed by atoms with Crippen LogP contribution in [0.25, 0.3) is 22.8 Å². The second-order valence-electron chi connectivity index (χ2n) is 7.59. The summed E-state index contributed by atoms with van der Waals surface area (Å²) in [5.41, 5.74) is 2.46. The molecule has 1 amide bonds. The summed E-state index contributed by atoms with van der Waals surface area (Å²) in [6.07, 6.45) is 1.41. The number of hydrogen-bond acceptors (Lipinski definition) is 6. The van der Waals surface area contributed by atoms with Crippen LogP contribution in [0, 0.1) is 17.1 Å². The molecule has 8 nitrogen and oxygen atoms in total. The third kappa shape index (κ3) is 4.73. The fraction of sp³-hybridized carbons (Fsp3) is 0.0385. The minimum absolute atomic E-state index is 0.0131. The van der Waals surface area contributed by atoms with Crippen molar-refractivity contribution in [3.63, 3.8) is 0 Å². The molecule has 0 radical (unpaired) electrons. The molecule has 0 atom stereocenters. The molecule has 0 bridgehead atoms. The van der Waals surface area contributed by atoms with Gasteiger partial charge in [0.25, 0.3) is 0 Å². The number of thioether (sulfide) groups is 1. The van der Waals surface area contributed by atoms with Crippen LogP contribution in [0.4, 0.5) is 10.2 Å². The average Bonchev–Trinajstić information content (AvgIpc) is 3.53. The summed E-state index contributed by atoms with van der Waals surface area (Å²) in [5, 5.41) is 25.6. The molecule has 2 heterocycles. The maximum Gasteiger partial charge on any atom is 0.236 e. The summed E-state index contributed by atoms with van der Waals surface area (Å²) < 4.78 is 16.8. The molecule has 10 heteroatoms. The largest absolute Gasteiger partial charge is 0.309 e. The number of amides is 1. The highest BCUT2D eigenvalue weighted by Crippen LogP contribution is 2.28. The van der Waals surface area contributed by atoms with Gasteiger partial charge in [0.15, 0.2) is 16.8 Å². The third-order valence-corrected chi connectivity index (χ3v) is 6.16. The summed E-state index contributed by atoms with van der Waals surface area (Å²) in [6, 6.07) is 26.8. The molecule has 0 spiro atoms. The zero-order valence-corrected chi connectivity index (χ0v) is 19.6. The number of nitrogens with zero attached hydrogens (tertiary/aromatic N) is 6. The Bertz CT molecular complexity index is 1540. The number of para-hydroxylation sites is 2. The summed E-state index contributed by atoms with van der Waals surface area (Å²) in [7, 11) is 0. The normalized spacial score (nSPS) is 10.7. The smallest absolute Gasteiger partial charge is 0.236 e. The number of carbonyl (C=O) groups excluding carboxylic acids is 1. The molecular formula is C26H18FN7OS.